The van der Waals surface area contributed by atoms with Crippen LogP contribution in [0.3, 0.4) is 0 Å². The summed E-state index contributed by atoms with van der Waals surface area (Å²) in [7, 11) is 0. The number of halogens is 2. The third-order valence-corrected chi connectivity index (χ3v) is 5.11. The van der Waals surface area contributed by atoms with Crippen LogP contribution in [0.25, 0.3) is 16.7 Å². The molecule has 1 N–H and O–H groups in total. The van der Waals surface area contributed by atoms with Crippen LogP contribution < -0.4 is 10.9 Å². The summed E-state index contributed by atoms with van der Waals surface area (Å²) < 4.78 is 30.0. The van der Waals surface area contributed by atoms with Gasteiger partial charge in [-0.1, -0.05) is 6.07 Å². The van der Waals surface area contributed by atoms with E-state index in [0.717, 1.165) is 5.39 Å². The van der Waals surface area contributed by atoms with Gasteiger partial charge < -0.3 is 5.32 Å². The van der Waals surface area contributed by atoms with Gasteiger partial charge in [0.1, 0.15) is 23.8 Å². The first-order valence-corrected chi connectivity index (χ1v) is 9.66. The molecule has 8 heteroatoms. The van der Waals surface area contributed by atoms with E-state index in [1.807, 2.05) is 0 Å². The number of anilines is 1. The highest BCUT2D eigenvalue weighted by atomic mass is 19.1. The molecule has 0 spiro atoms. The predicted octanol–water partition coefficient (Wildman–Crippen LogP) is 4.03. The maximum absolute atomic E-state index is 13.8. The lowest BCUT2D eigenvalue weighted by Crippen LogP contribution is -2.29. The maximum Gasteiger partial charge on any atom is 0.252 e. The van der Waals surface area contributed by atoms with E-state index in [-0.39, 0.29) is 12.1 Å². The minimum Gasteiger partial charge on any atom is -0.324 e. The van der Waals surface area contributed by atoms with Crippen molar-refractivity contribution in [3.05, 3.63) is 87.3 Å². The second kappa shape index (κ2) is 7.79. The van der Waals surface area contributed by atoms with Crippen molar-refractivity contribution in [3.8, 4) is 5.69 Å². The molecular formula is C23H20F2N4O2. The molecule has 0 bridgehead atoms. The van der Waals surface area contributed by atoms with Crippen LogP contribution in [0, 0.1) is 32.4 Å². The fourth-order valence-electron chi connectivity index (χ4n) is 3.71. The number of fused-ring (bicyclic) bond motifs is 1. The van der Waals surface area contributed by atoms with E-state index in [4.69, 9.17) is 0 Å². The summed E-state index contributed by atoms with van der Waals surface area (Å²) in [5.41, 5.74) is 2.85. The molecule has 4 rings (SSSR count). The standard InChI is InChI=1S/C23H20F2N4O2/c1-13-9-17(25)7-8-19(13)26-20(30)12-28-21(31)10-14(2)22-15(3)27-29(23(22)28)18-6-4-5-16(24)11-18/h4-11H,12H2,1-3H3,(H,26,30). The Morgan fingerprint density at radius 3 is 2.45 bits per heavy atom. The molecule has 31 heavy (non-hydrogen) atoms. The number of carbonyl (C=O) groups excluding carboxylic acids is 1. The summed E-state index contributed by atoms with van der Waals surface area (Å²) in [4.78, 5) is 25.6. The van der Waals surface area contributed by atoms with Gasteiger partial charge in [-0.3, -0.25) is 14.2 Å². The van der Waals surface area contributed by atoms with Crippen molar-refractivity contribution in [2.75, 3.05) is 5.32 Å². The molecule has 2 aromatic heterocycles. The van der Waals surface area contributed by atoms with E-state index in [0.29, 0.717) is 33.8 Å². The largest absolute Gasteiger partial charge is 0.324 e. The molecule has 1 amide bonds. The lowest BCUT2D eigenvalue weighted by Gasteiger charge is -2.13. The van der Waals surface area contributed by atoms with Gasteiger partial charge in [0.2, 0.25) is 5.91 Å². The van der Waals surface area contributed by atoms with Crippen LogP contribution in [0.2, 0.25) is 0 Å². The second-order valence-electron chi connectivity index (χ2n) is 7.43. The molecule has 0 aliphatic rings. The van der Waals surface area contributed by atoms with Crippen molar-refractivity contribution >= 4 is 22.6 Å². The zero-order valence-electron chi connectivity index (χ0n) is 17.2. The van der Waals surface area contributed by atoms with E-state index >= 15 is 0 Å². The number of pyridine rings is 1. The predicted molar refractivity (Wildman–Crippen MR) is 115 cm³/mol. The topological polar surface area (TPSA) is 68.9 Å². The molecule has 0 fully saturated rings. The molecule has 0 aliphatic heterocycles. The summed E-state index contributed by atoms with van der Waals surface area (Å²) in [6, 6.07) is 11.3. The molecule has 158 valence electrons. The first-order chi connectivity index (χ1) is 14.7. The Balaban J connectivity index is 1.82. The molecule has 0 unspecified atom stereocenters. The SMILES string of the molecule is Cc1cc(F)ccc1NC(=O)Cn1c(=O)cc(C)c2c(C)nn(-c3cccc(F)c3)c21. The Labute approximate surface area is 176 Å². The number of carbonyl (C=O) groups is 1. The lowest BCUT2D eigenvalue weighted by atomic mass is 10.1. The van der Waals surface area contributed by atoms with E-state index in [1.54, 1.807) is 32.9 Å². The molecule has 0 saturated heterocycles. The molecule has 0 atom stereocenters. The third kappa shape index (κ3) is 3.84. The van der Waals surface area contributed by atoms with Crippen molar-refractivity contribution < 1.29 is 13.6 Å². The Bertz CT molecular complexity index is 1390. The van der Waals surface area contributed by atoms with E-state index in [2.05, 4.69) is 10.4 Å². The Hall–Kier alpha value is -3.81. The highest BCUT2D eigenvalue weighted by Gasteiger charge is 2.19. The zero-order chi connectivity index (χ0) is 22.3. The van der Waals surface area contributed by atoms with E-state index in [1.165, 1.54) is 45.6 Å². The fourth-order valence-corrected chi connectivity index (χ4v) is 3.71. The number of hydrogen-bond donors (Lipinski definition) is 1. The van der Waals surface area contributed by atoms with Crippen LogP contribution in [0.15, 0.2) is 53.3 Å². The Morgan fingerprint density at radius 1 is 1.00 bits per heavy atom. The van der Waals surface area contributed by atoms with Crippen molar-refractivity contribution in [2.45, 2.75) is 27.3 Å². The average molecular weight is 422 g/mol. The zero-order valence-corrected chi connectivity index (χ0v) is 17.2. The number of hydrogen-bond acceptors (Lipinski definition) is 3. The quantitative estimate of drug-likeness (QED) is 0.540. The normalized spacial score (nSPS) is 11.1. The van der Waals surface area contributed by atoms with Gasteiger partial charge in [0.05, 0.1) is 11.4 Å². The number of benzene rings is 2. The van der Waals surface area contributed by atoms with Crippen LogP contribution >= 0.6 is 0 Å². The van der Waals surface area contributed by atoms with Gasteiger partial charge in [0.15, 0.2) is 0 Å². The summed E-state index contributed by atoms with van der Waals surface area (Å²) in [5, 5.41) is 7.93. The average Bonchev–Trinajstić information content (AvgIpc) is 3.05. The number of aromatic nitrogens is 3. The van der Waals surface area contributed by atoms with Crippen LogP contribution in [0.1, 0.15) is 16.8 Å². The van der Waals surface area contributed by atoms with Gasteiger partial charge in [-0.05, 0) is 68.3 Å². The van der Waals surface area contributed by atoms with Crippen LogP contribution in [-0.4, -0.2) is 20.3 Å². The van der Waals surface area contributed by atoms with Gasteiger partial charge in [0, 0.05) is 17.1 Å². The lowest BCUT2D eigenvalue weighted by molar-refractivity contribution is -0.116. The molecule has 4 aromatic rings. The Kier molecular flexibility index (Phi) is 5.14. The van der Waals surface area contributed by atoms with Crippen LogP contribution in [0.4, 0.5) is 14.5 Å². The van der Waals surface area contributed by atoms with E-state index < -0.39 is 17.5 Å². The summed E-state index contributed by atoms with van der Waals surface area (Å²) in [6.45, 7) is 4.98. The first-order valence-electron chi connectivity index (χ1n) is 9.66. The second-order valence-corrected chi connectivity index (χ2v) is 7.43. The highest BCUT2D eigenvalue weighted by Crippen LogP contribution is 2.24. The van der Waals surface area contributed by atoms with Gasteiger partial charge in [-0.15, -0.1) is 0 Å². The van der Waals surface area contributed by atoms with Crippen LogP contribution in [-0.2, 0) is 11.3 Å². The number of aryl methyl sites for hydroxylation is 3. The fraction of sp³-hybridized carbons (Fsp3) is 0.174. The number of nitrogens with zero attached hydrogens (tertiary/aromatic N) is 3. The minimum atomic E-state index is -0.452. The molecule has 6 nitrogen and oxygen atoms in total. The van der Waals surface area contributed by atoms with Crippen molar-refractivity contribution in [1.29, 1.82) is 0 Å². The third-order valence-electron chi connectivity index (χ3n) is 5.11. The molecule has 0 saturated carbocycles. The highest BCUT2D eigenvalue weighted by molar-refractivity contribution is 5.92. The summed E-state index contributed by atoms with van der Waals surface area (Å²) in [5.74, 6) is -1.29. The molecule has 0 radical (unpaired) electrons. The Morgan fingerprint density at radius 2 is 1.74 bits per heavy atom. The molecule has 0 aliphatic carbocycles. The van der Waals surface area contributed by atoms with Gasteiger partial charge in [-0.2, -0.15) is 5.10 Å². The minimum absolute atomic E-state index is 0.285. The molecular weight excluding hydrogens is 402 g/mol. The van der Waals surface area contributed by atoms with E-state index in [9.17, 15) is 18.4 Å². The van der Waals surface area contributed by atoms with Crippen molar-refractivity contribution in [1.82, 2.24) is 14.3 Å². The summed E-state index contributed by atoms with van der Waals surface area (Å²) >= 11 is 0. The monoisotopic (exact) mass is 422 g/mol. The maximum atomic E-state index is 13.8. The van der Waals surface area contributed by atoms with Crippen LogP contribution in [0.5, 0.6) is 0 Å². The van der Waals surface area contributed by atoms with Gasteiger partial charge in [0.25, 0.3) is 5.56 Å². The molecule has 2 aromatic carbocycles. The smallest absolute Gasteiger partial charge is 0.252 e. The first kappa shape index (κ1) is 20.5. The van der Waals surface area contributed by atoms with Crippen molar-refractivity contribution in [2.24, 2.45) is 0 Å². The summed E-state index contributed by atoms with van der Waals surface area (Å²) in [6.07, 6.45) is 0. The molecule has 2 heterocycles. The van der Waals surface area contributed by atoms with Crippen molar-refractivity contribution in [3.63, 3.8) is 0 Å². The number of amides is 1. The number of rotatable bonds is 4. The van der Waals surface area contributed by atoms with Gasteiger partial charge in [-0.25, -0.2) is 13.5 Å². The van der Waals surface area contributed by atoms with Gasteiger partial charge >= 0.3 is 0 Å². The number of nitrogens with one attached hydrogen (secondary N) is 1.